The van der Waals surface area contributed by atoms with Gasteiger partial charge in [0.1, 0.15) is 0 Å². The second-order valence-electron chi connectivity index (χ2n) is 7.55. The molecule has 0 bridgehead atoms. The van der Waals surface area contributed by atoms with Gasteiger partial charge in [0, 0.05) is 12.1 Å². The largest absolute Gasteiger partial charge is 0.452 e. The van der Waals surface area contributed by atoms with E-state index in [2.05, 4.69) is 47.6 Å². The highest BCUT2D eigenvalue weighted by molar-refractivity contribution is 5.72. The van der Waals surface area contributed by atoms with Gasteiger partial charge in [-0.3, -0.25) is 4.90 Å². The van der Waals surface area contributed by atoms with Crippen LogP contribution in [0.3, 0.4) is 0 Å². The zero-order valence-electron chi connectivity index (χ0n) is 13.1. The molecule has 2 aliphatic rings. The van der Waals surface area contributed by atoms with Crippen LogP contribution < -0.4 is 0 Å². The van der Waals surface area contributed by atoms with E-state index in [1.807, 2.05) is 6.20 Å². The van der Waals surface area contributed by atoms with Gasteiger partial charge in [-0.1, -0.05) is 47.6 Å². The molecular weight excluding hydrogens is 238 g/mol. The predicted molar refractivity (Wildman–Crippen MR) is 76.6 cm³/mol. The summed E-state index contributed by atoms with van der Waals surface area (Å²) in [6, 6.07) is 0.154. The van der Waals surface area contributed by atoms with Crippen molar-refractivity contribution in [3.63, 3.8) is 0 Å². The Morgan fingerprint density at radius 1 is 1.11 bits per heavy atom. The van der Waals surface area contributed by atoms with Crippen LogP contribution in [0.4, 0.5) is 4.79 Å². The van der Waals surface area contributed by atoms with E-state index in [4.69, 9.17) is 4.74 Å². The van der Waals surface area contributed by atoms with Gasteiger partial charge < -0.3 is 4.74 Å². The van der Waals surface area contributed by atoms with E-state index in [1.165, 1.54) is 18.3 Å². The van der Waals surface area contributed by atoms with Crippen molar-refractivity contribution in [3.8, 4) is 0 Å². The third-order valence-corrected chi connectivity index (χ3v) is 4.07. The quantitative estimate of drug-likeness (QED) is 0.619. The lowest BCUT2D eigenvalue weighted by Gasteiger charge is -2.44. The van der Waals surface area contributed by atoms with Crippen molar-refractivity contribution in [2.24, 2.45) is 16.7 Å². The molecule has 3 heteroatoms. The lowest BCUT2D eigenvalue weighted by atomic mass is 9.64. The van der Waals surface area contributed by atoms with E-state index < -0.39 is 0 Å². The van der Waals surface area contributed by atoms with Gasteiger partial charge >= 0.3 is 6.09 Å². The number of hydrogen-bond donors (Lipinski definition) is 0. The van der Waals surface area contributed by atoms with Gasteiger partial charge in [0.05, 0.1) is 13.2 Å². The molecule has 1 heterocycles. The van der Waals surface area contributed by atoms with Crippen LogP contribution in [-0.2, 0) is 4.74 Å². The maximum atomic E-state index is 12.0. The second kappa shape index (κ2) is 4.12. The van der Waals surface area contributed by atoms with Gasteiger partial charge in [-0.05, 0) is 22.0 Å². The summed E-state index contributed by atoms with van der Waals surface area (Å²) in [5, 5.41) is 0. The number of hydrogen-bond acceptors (Lipinski definition) is 2. The molecule has 1 aliphatic carbocycles. The van der Waals surface area contributed by atoms with E-state index in [9.17, 15) is 4.79 Å². The maximum absolute atomic E-state index is 12.0. The molecular formula is C16H25NO2. The number of ether oxygens (including phenoxy) is 1. The molecule has 0 fully saturated rings. The second-order valence-corrected chi connectivity index (χ2v) is 7.55. The number of nitrogens with zero attached hydrogens (tertiary/aromatic N) is 1. The first kappa shape index (κ1) is 14.2. The molecule has 0 aromatic heterocycles. The fraction of sp³-hybridized carbons (Fsp3) is 0.688. The van der Waals surface area contributed by atoms with Crippen LogP contribution in [0, 0.1) is 16.7 Å². The Kier molecular flexibility index (Phi) is 3.07. The fourth-order valence-corrected chi connectivity index (χ4v) is 3.02. The van der Waals surface area contributed by atoms with Crippen molar-refractivity contribution in [1.29, 1.82) is 0 Å². The summed E-state index contributed by atoms with van der Waals surface area (Å²) in [6.45, 7) is 13.2. The molecule has 2 atom stereocenters. The molecule has 2 rings (SSSR count). The summed E-state index contributed by atoms with van der Waals surface area (Å²) in [5.74, 6) is 0.355. The molecule has 0 spiro atoms. The molecule has 0 saturated heterocycles. The van der Waals surface area contributed by atoms with Crippen molar-refractivity contribution in [2.75, 3.05) is 7.11 Å². The molecule has 1 aliphatic heterocycles. The Hall–Kier alpha value is -1.25. The minimum atomic E-state index is -0.260. The van der Waals surface area contributed by atoms with Crippen LogP contribution in [0.15, 0.2) is 23.4 Å². The molecule has 19 heavy (non-hydrogen) atoms. The topological polar surface area (TPSA) is 29.5 Å². The summed E-state index contributed by atoms with van der Waals surface area (Å²) in [7, 11) is 1.44. The summed E-state index contributed by atoms with van der Waals surface area (Å²) in [6.07, 6.45) is 4.06. The Balaban J connectivity index is 2.38. The van der Waals surface area contributed by atoms with Gasteiger partial charge in [0.2, 0.25) is 0 Å². The highest BCUT2D eigenvalue weighted by atomic mass is 16.5. The highest BCUT2D eigenvalue weighted by Gasteiger charge is 2.50. The van der Waals surface area contributed by atoms with Crippen molar-refractivity contribution in [2.45, 2.75) is 47.6 Å². The number of amides is 1. The van der Waals surface area contributed by atoms with E-state index >= 15 is 0 Å². The zero-order chi connectivity index (χ0) is 14.6. The van der Waals surface area contributed by atoms with Crippen LogP contribution >= 0.6 is 0 Å². The van der Waals surface area contributed by atoms with Crippen LogP contribution in [0.2, 0.25) is 0 Å². The highest BCUT2D eigenvalue weighted by Crippen LogP contribution is 2.52. The number of carbonyl (C=O) groups excluding carboxylic acids is 1. The molecule has 0 N–H and O–H groups in total. The molecule has 0 unspecified atom stereocenters. The van der Waals surface area contributed by atoms with E-state index in [1.54, 1.807) is 4.90 Å². The fourth-order valence-electron chi connectivity index (χ4n) is 3.02. The number of carbonyl (C=O) groups is 1. The SMILES string of the molecule is COC(=O)N1C=C(C(C)(C)C)[C@H]2C=C(C(C)(C)C)[C@H]21. The van der Waals surface area contributed by atoms with E-state index in [0.29, 0.717) is 5.92 Å². The Morgan fingerprint density at radius 2 is 1.63 bits per heavy atom. The lowest BCUT2D eigenvalue weighted by Crippen LogP contribution is -2.46. The zero-order valence-corrected chi connectivity index (χ0v) is 13.1. The number of rotatable bonds is 0. The van der Waals surface area contributed by atoms with Gasteiger partial charge in [0.25, 0.3) is 0 Å². The lowest BCUT2D eigenvalue weighted by molar-refractivity contribution is 0.124. The first-order valence-corrected chi connectivity index (χ1v) is 6.88. The van der Waals surface area contributed by atoms with Gasteiger partial charge in [-0.15, -0.1) is 0 Å². The first-order chi connectivity index (χ1) is 8.57. The maximum Gasteiger partial charge on any atom is 0.414 e. The Morgan fingerprint density at radius 3 is 2.05 bits per heavy atom. The van der Waals surface area contributed by atoms with Crippen LogP contribution in [0.5, 0.6) is 0 Å². The molecule has 0 saturated carbocycles. The monoisotopic (exact) mass is 263 g/mol. The average molecular weight is 263 g/mol. The van der Waals surface area contributed by atoms with Crippen molar-refractivity contribution < 1.29 is 9.53 Å². The average Bonchev–Trinajstić information content (AvgIpc) is 2.47. The summed E-state index contributed by atoms with van der Waals surface area (Å²) in [5.41, 5.74) is 2.81. The van der Waals surface area contributed by atoms with Crippen LogP contribution in [0.1, 0.15) is 41.5 Å². The summed E-state index contributed by atoms with van der Waals surface area (Å²) >= 11 is 0. The van der Waals surface area contributed by atoms with Gasteiger partial charge in [-0.25, -0.2) is 4.79 Å². The van der Waals surface area contributed by atoms with Gasteiger partial charge in [0.15, 0.2) is 0 Å². The summed E-state index contributed by atoms with van der Waals surface area (Å²) in [4.78, 5) is 13.8. The molecule has 1 amide bonds. The van der Waals surface area contributed by atoms with Crippen molar-refractivity contribution in [3.05, 3.63) is 23.4 Å². The third kappa shape index (κ3) is 2.19. The van der Waals surface area contributed by atoms with E-state index in [0.717, 1.165) is 0 Å². The molecule has 0 aromatic rings. The minimum absolute atomic E-state index is 0.0750. The van der Waals surface area contributed by atoms with Crippen molar-refractivity contribution >= 4 is 6.09 Å². The molecule has 0 radical (unpaired) electrons. The number of methoxy groups -OCH3 is 1. The number of fused-ring (bicyclic) bond motifs is 1. The van der Waals surface area contributed by atoms with Crippen LogP contribution in [0.25, 0.3) is 0 Å². The third-order valence-electron chi connectivity index (χ3n) is 4.07. The normalized spacial score (nSPS) is 26.4. The minimum Gasteiger partial charge on any atom is -0.452 e. The van der Waals surface area contributed by atoms with Gasteiger partial charge in [-0.2, -0.15) is 0 Å². The first-order valence-electron chi connectivity index (χ1n) is 6.88. The summed E-state index contributed by atoms with van der Waals surface area (Å²) < 4.78 is 4.92. The van der Waals surface area contributed by atoms with Crippen molar-refractivity contribution in [1.82, 2.24) is 4.90 Å². The molecule has 0 aromatic carbocycles. The molecule has 3 nitrogen and oxygen atoms in total. The Labute approximate surface area is 116 Å². The standard InChI is InChI=1S/C16H25NO2/c1-15(2,3)11-8-10-12(16(4,5)6)9-17(13(10)11)14(18)19-7/h8-10,13H,1-7H3/t10-,13+/m1/s1. The van der Waals surface area contributed by atoms with E-state index in [-0.39, 0.29) is 23.0 Å². The molecule has 106 valence electrons. The smallest absolute Gasteiger partial charge is 0.414 e. The Bertz CT molecular complexity index is 460. The predicted octanol–water partition coefficient (Wildman–Crippen LogP) is 3.97. The van der Waals surface area contributed by atoms with Crippen LogP contribution in [-0.4, -0.2) is 24.1 Å².